The SMILES string of the molecule is COC(=O)C1C(=O)C1c1ccccc1. The smallest absolute Gasteiger partial charge is 0.317 e. The van der Waals surface area contributed by atoms with Crippen molar-refractivity contribution in [2.45, 2.75) is 5.92 Å². The monoisotopic (exact) mass is 190 g/mol. The number of ether oxygens (including phenoxy) is 1. The van der Waals surface area contributed by atoms with Gasteiger partial charge in [-0.1, -0.05) is 30.3 Å². The third kappa shape index (κ3) is 1.31. The van der Waals surface area contributed by atoms with E-state index in [0.717, 1.165) is 5.56 Å². The van der Waals surface area contributed by atoms with Crippen molar-refractivity contribution in [3.8, 4) is 0 Å². The fourth-order valence-corrected chi connectivity index (χ4v) is 1.64. The van der Waals surface area contributed by atoms with Crippen LogP contribution in [0.2, 0.25) is 0 Å². The van der Waals surface area contributed by atoms with Crippen LogP contribution in [0.25, 0.3) is 0 Å². The zero-order valence-corrected chi connectivity index (χ0v) is 7.77. The topological polar surface area (TPSA) is 43.4 Å². The predicted octanol–water partition coefficient (Wildman–Crippen LogP) is 1.14. The standard InChI is InChI=1S/C11H10O3/c1-14-11(13)9-8(10(9)12)7-5-3-2-4-6-7/h2-6,8-9H,1H3. The number of benzene rings is 1. The fourth-order valence-electron chi connectivity index (χ4n) is 1.64. The van der Waals surface area contributed by atoms with Gasteiger partial charge in [0, 0.05) is 0 Å². The number of carbonyl (C=O) groups is 2. The first kappa shape index (κ1) is 8.94. The molecular formula is C11H10O3. The minimum Gasteiger partial charge on any atom is -0.468 e. The van der Waals surface area contributed by atoms with Crippen molar-refractivity contribution in [2.75, 3.05) is 7.11 Å². The number of hydrogen-bond acceptors (Lipinski definition) is 3. The van der Waals surface area contributed by atoms with Crippen LogP contribution in [0.1, 0.15) is 11.5 Å². The second kappa shape index (κ2) is 3.25. The van der Waals surface area contributed by atoms with Crippen LogP contribution in [0.4, 0.5) is 0 Å². The average Bonchev–Trinajstić information content (AvgIpc) is 2.90. The van der Waals surface area contributed by atoms with Gasteiger partial charge in [-0.3, -0.25) is 9.59 Å². The van der Waals surface area contributed by atoms with Crippen LogP contribution in [0, 0.1) is 5.92 Å². The molecule has 0 radical (unpaired) electrons. The third-order valence-corrected chi connectivity index (χ3v) is 2.45. The number of Topliss-reactive ketones (excluding diaryl/α,β-unsaturated/α-hetero) is 1. The van der Waals surface area contributed by atoms with Crippen molar-refractivity contribution in [1.82, 2.24) is 0 Å². The van der Waals surface area contributed by atoms with E-state index in [-0.39, 0.29) is 11.7 Å². The molecule has 1 aliphatic carbocycles. The average molecular weight is 190 g/mol. The molecule has 1 aromatic rings. The van der Waals surface area contributed by atoms with E-state index in [1.807, 2.05) is 30.3 Å². The zero-order chi connectivity index (χ0) is 10.1. The first-order valence-electron chi connectivity index (χ1n) is 4.42. The molecule has 2 unspecified atom stereocenters. The molecule has 0 bridgehead atoms. The van der Waals surface area contributed by atoms with Gasteiger partial charge in [-0.2, -0.15) is 0 Å². The highest BCUT2D eigenvalue weighted by atomic mass is 16.5. The second-order valence-corrected chi connectivity index (χ2v) is 3.29. The molecule has 14 heavy (non-hydrogen) atoms. The molecular weight excluding hydrogens is 180 g/mol. The molecule has 2 rings (SSSR count). The Bertz CT molecular complexity index is 369. The Morgan fingerprint density at radius 2 is 1.93 bits per heavy atom. The van der Waals surface area contributed by atoms with Crippen LogP contribution in [-0.4, -0.2) is 18.9 Å². The summed E-state index contributed by atoms with van der Waals surface area (Å²) in [7, 11) is 1.30. The fraction of sp³-hybridized carbons (Fsp3) is 0.273. The number of methoxy groups -OCH3 is 1. The number of esters is 1. The van der Waals surface area contributed by atoms with Crippen LogP contribution in [-0.2, 0) is 14.3 Å². The summed E-state index contributed by atoms with van der Waals surface area (Å²) < 4.78 is 4.54. The molecule has 1 saturated carbocycles. The highest BCUT2D eigenvalue weighted by Gasteiger charge is 2.55. The first-order chi connectivity index (χ1) is 6.75. The van der Waals surface area contributed by atoms with E-state index in [2.05, 4.69) is 4.74 Å². The van der Waals surface area contributed by atoms with Gasteiger partial charge in [0.25, 0.3) is 0 Å². The van der Waals surface area contributed by atoms with Gasteiger partial charge in [-0.15, -0.1) is 0 Å². The maximum absolute atomic E-state index is 11.3. The van der Waals surface area contributed by atoms with Gasteiger partial charge in [0.1, 0.15) is 5.92 Å². The highest BCUT2D eigenvalue weighted by Crippen LogP contribution is 2.43. The molecule has 0 spiro atoms. The lowest BCUT2D eigenvalue weighted by Gasteiger charge is -1.96. The van der Waals surface area contributed by atoms with Crippen molar-refractivity contribution < 1.29 is 14.3 Å². The van der Waals surface area contributed by atoms with Gasteiger partial charge in [-0.25, -0.2) is 0 Å². The molecule has 3 nitrogen and oxygen atoms in total. The molecule has 1 fully saturated rings. The van der Waals surface area contributed by atoms with Crippen LogP contribution < -0.4 is 0 Å². The van der Waals surface area contributed by atoms with Crippen molar-refractivity contribution in [1.29, 1.82) is 0 Å². The van der Waals surface area contributed by atoms with Crippen molar-refractivity contribution in [2.24, 2.45) is 5.92 Å². The minimum atomic E-state index is -0.567. The number of ketones is 1. The number of rotatable bonds is 2. The summed E-state index contributed by atoms with van der Waals surface area (Å²) in [6, 6.07) is 9.30. The first-order valence-corrected chi connectivity index (χ1v) is 4.42. The lowest BCUT2D eigenvalue weighted by Crippen LogP contribution is -2.04. The van der Waals surface area contributed by atoms with Crippen LogP contribution in [0.5, 0.6) is 0 Å². The van der Waals surface area contributed by atoms with Crippen LogP contribution >= 0.6 is 0 Å². The maximum atomic E-state index is 11.3. The lowest BCUT2D eigenvalue weighted by atomic mass is 10.1. The minimum absolute atomic E-state index is 0.0388. The molecule has 2 atom stereocenters. The third-order valence-electron chi connectivity index (χ3n) is 2.45. The van der Waals surface area contributed by atoms with Crippen LogP contribution in [0.3, 0.4) is 0 Å². The quantitative estimate of drug-likeness (QED) is 0.519. The van der Waals surface area contributed by atoms with E-state index in [9.17, 15) is 9.59 Å². The van der Waals surface area contributed by atoms with Gasteiger partial charge in [0.2, 0.25) is 0 Å². The molecule has 3 heteroatoms. The Kier molecular flexibility index (Phi) is 2.08. The summed E-state index contributed by atoms with van der Waals surface area (Å²) in [5.41, 5.74) is 0.896. The second-order valence-electron chi connectivity index (χ2n) is 3.29. The molecule has 1 aliphatic rings. The van der Waals surface area contributed by atoms with E-state index in [4.69, 9.17) is 0 Å². The summed E-state index contributed by atoms with van der Waals surface area (Å²) in [6.45, 7) is 0. The molecule has 0 N–H and O–H groups in total. The maximum Gasteiger partial charge on any atom is 0.317 e. The van der Waals surface area contributed by atoms with Gasteiger partial charge in [-0.05, 0) is 5.56 Å². The lowest BCUT2D eigenvalue weighted by molar-refractivity contribution is -0.143. The van der Waals surface area contributed by atoms with Gasteiger partial charge in [0.15, 0.2) is 5.78 Å². The molecule has 0 aliphatic heterocycles. The van der Waals surface area contributed by atoms with Crippen molar-refractivity contribution in [3.63, 3.8) is 0 Å². The number of carbonyl (C=O) groups excluding carboxylic acids is 2. The van der Waals surface area contributed by atoms with E-state index >= 15 is 0 Å². The van der Waals surface area contributed by atoms with Gasteiger partial charge < -0.3 is 4.74 Å². The summed E-state index contributed by atoms with van der Waals surface area (Å²) in [4.78, 5) is 22.4. The van der Waals surface area contributed by atoms with E-state index in [0.29, 0.717) is 0 Å². The van der Waals surface area contributed by atoms with Crippen molar-refractivity contribution >= 4 is 11.8 Å². The normalized spacial score (nSPS) is 24.5. The predicted molar refractivity (Wildman–Crippen MR) is 49.7 cm³/mol. The Morgan fingerprint density at radius 1 is 1.29 bits per heavy atom. The van der Waals surface area contributed by atoms with E-state index in [1.54, 1.807) is 0 Å². The molecule has 0 saturated heterocycles. The van der Waals surface area contributed by atoms with E-state index in [1.165, 1.54) is 7.11 Å². The Hall–Kier alpha value is -1.64. The largest absolute Gasteiger partial charge is 0.468 e. The zero-order valence-electron chi connectivity index (χ0n) is 7.77. The summed E-state index contributed by atoms with van der Waals surface area (Å²) in [5, 5.41) is 0. The Balaban J connectivity index is 2.17. The van der Waals surface area contributed by atoms with Gasteiger partial charge >= 0.3 is 5.97 Å². The van der Waals surface area contributed by atoms with Gasteiger partial charge in [0.05, 0.1) is 13.0 Å². The number of hydrogen-bond donors (Lipinski definition) is 0. The highest BCUT2D eigenvalue weighted by molar-refractivity contribution is 6.18. The Labute approximate surface area is 81.7 Å². The summed E-state index contributed by atoms with van der Waals surface area (Å²) in [5.74, 6) is -1.31. The Morgan fingerprint density at radius 3 is 2.50 bits per heavy atom. The molecule has 0 aromatic heterocycles. The summed E-state index contributed by atoms with van der Waals surface area (Å²) >= 11 is 0. The van der Waals surface area contributed by atoms with Crippen molar-refractivity contribution in [3.05, 3.63) is 35.9 Å². The molecule has 1 aromatic carbocycles. The van der Waals surface area contributed by atoms with E-state index < -0.39 is 11.9 Å². The molecule has 0 amide bonds. The molecule has 72 valence electrons. The summed E-state index contributed by atoms with van der Waals surface area (Å²) in [6.07, 6.45) is 0. The van der Waals surface area contributed by atoms with Crippen LogP contribution in [0.15, 0.2) is 30.3 Å². The molecule has 0 heterocycles.